The zero-order valence-electron chi connectivity index (χ0n) is 16.7. The van der Waals surface area contributed by atoms with Crippen LogP contribution >= 0.6 is 0 Å². The van der Waals surface area contributed by atoms with Crippen molar-refractivity contribution >= 4 is 5.91 Å². The summed E-state index contributed by atoms with van der Waals surface area (Å²) in [5, 5.41) is 4.34. The molecule has 3 rings (SSSR count). The lowest BCUT2D eigenvalue weighted by Crippen LogP contribution is -2.38. The van der Waals surface area contributed by atoms with Crippen molar-refractivity contribution in [2.75, 3.05) is 13.7 Å². The molecule has 0 unspecified atom stereocenters. The molecule has 0 N–H and O–H groups in total. The van der Waals surface area contributed by atoms with E-state index in [1.165, 1.54) is 12.8 Å². The molecular weight excluding hydrogens is 342 g/mol. The molecule has 27 heavy (non-hydrogen) atoms. The summed E-state index contributed by atoms with van der Waals surface area (Å²) in [6.07, 6.45) is 6.28. The molecule has 0 aliphatic heterocycles. The molecule has 1 aromatic carbocycles. The van der Waals surface area contributed by atoms with Crippen LogP contribution in [0.4, 0.5) is 0 Å². The van der Waals surface area contributed by atoms with E-state index in [0.29, 0.717) is 30.2 Å². The third-order valence-electron chi connectivity index (χ3n) is 5.15. The Morgan fingerprint density at radius 1 is 1.30 bits per heavy atom. The van der Waals surface area contributed by atoms with Gasteiger partial charge in [0.15, 0.2) is 11.5 Å². The third kappa shape index (κ3) is 4.26. The van der Waals surface area contributed by atoms with Gasteiger partial charge in [0, 0.05) is 25.8 Å². The lowest BCUT2D eigenvalue weighted by Gasteiger charge is -2.29. The molecule has 1 aromatic heterocycles. The largest absolute Gasteiger partial charge is 0.493 e. The number of ether oxygens (including phenoxy) is 2. The highest BCUT2D eigenvalue weighted by Gasteiger charge is 2.29. The maximum absolute atomic E-state index is 13.3. The number of rotatable bonds is 7. The Balaban J connectivity index is 1.89. The first-order valence-corrected chi connectivity index (χ1v) is 9.64. The van der Waals surface area contributed by atoms with Crippen LogP contribution in [0, 0.1) is 6.92 Å². The second kappa shape index (κ2) is 8.46. The van der Waals surface area contributed by atoms with Crippen molar-refractivity contribution in [3.05, 3.63) is 41.2 Å². The minimum Gasteiger partial charge on any atom is -0.493 e. The highest BCUT2D eigenvalue weighted by molar-refractivity contribution is 5.95. The lowest BCUT2D eigenvalue weighted by molar-refractivity contribution is 0.0663. The van der Waals surface area contributed by atoms with Gasteiger partial charge in [-0.2, -0.15) is 5.10 Å². The van der Waals surface area contributed by atoms with Crippen molar-refractivity contribution in [1.29, 1.82) is 0 Å². The van der Waals surface area contributed by atoms with Gasteiger partial charge in [-0.15, -0.1) is 0 Å². The zero-order chi connectivity index (χ0) is 19.4. The Kier molecular flexibility index (Phi) is 6.04. The molecule has 2 aromatic rings. The van der Waals surface area contributed by atoms with E-state index in [-0.39, 0.29) is 11.9 Å². The maximum Gasteiger partial charge on any atom is 0.257 e. The van der Waals surface area contributed by atoms with Gasteiger partial charge in [-0.1, -0.05) is 18.9 Å². The first-order chi connectivity index (χ1) is 13.0. The molecule has 1 fully saturated rings. The predicted molar refractivity (Wildman–Crippen MR) is 104 cm³/mol. The van der Waals surface area contributed by atoms with Crippen LogP contribution < -0.4 is 9.47 Å². The van der Waals surface area contributed by atoms with Crippen LogP contribution in [-0.4, -0.2) is 40.3 Å². The maximum atomic E-state index is 13.3. The van der Waals surface area contributed by atoms with Crippen LogP contribution in [-0.2, 0) is 13.6 Å². The molecule has 6 heteroatoms. The summed E-state index contributed by atoms with van der Waals surface area (Å²) in [6, 6.07) is 6.17. The monoisotopic (exact) mass is 371 g/mol. The normalized spacial score (nSPS) is 14.4. The molecular formula is C21H29N3O3. The zero-order valence-corrected chi connectivity index (χ0v) is 16.7. The van der Waals surface area contributed by atoms with Crippen molar-refractivity contribution in [3.8, 4) is 11.5 Å². The van der Waals surface area contributed by atoms with Gasteiger partial charge >= 0.3 is 0 Å². The number of hydrogen-bond acceptors (Lipinski definition) is 4. The summed E-state index contributed by atoms with van der Waals surface area (Å²) in [5.41, 5.74) is 2.50. The van der Waals surface area contributed by atoms with Crippen LogP contribution in [0.5, 0.6) is 11.5 Å². The average molecular weight is 371 g/mol. The fraction of sp³-hybridized carbons (Fsp3) is 0.524. The number of aromatic nitrogens is 2. The van der Waals surface area contributed by atoms with Gasteiger partial charge in [0.05, 0.1) is 25.0 Å². The smallest absolute Gasteiger partial charge is 0.257 e. The summed E-state index contributed by atoms with van der Waals surface area (Å²) < 4.78 is 12.8. The topological polar surface area (TPSA) is 56.6 Å². The molecule has 0 saturated heterocycles. The van der Waals surface area contributed by atoms with Gasteiger partial charge in [-0.05, 0) is 44.4 Å². The van der Waals surface area contributed by atoms with Gasteiger partial charge in [-0.3, -0.25) is 9.48 Å². The SMILES string of the molecule is CCOc1cc(CN(C(=O)c2cn(C)nc2C)C2CCCC2)ccc1OC. The molecule has 0 bridgehead atoms. The number of hydrogen-bond donors (Lipinski definition) is 0. The predicted octanol–water partition coefficient (Wildman–Crippen LogP) is 3.72. The van der Waals surface area contributed by atoms with E-state index in [1.807, 2.05) is 50.2 Å². The standard InChI is InChI=1S/C21H29N3O3/c1-5-27-20-12-16(10-11-19(20)26-4)13-24(17-8-6-7-9-17)21(25)18-14-23(3)22-15(18)2/h10-12,14,17H,5-9,13H2,1-4H3. The quantitative estimate of drug-likeness (QED) is 0.744. The van der Waals surface area contributed by atoms with Gasteiger partial charge in [0.1, 0.15) is 0 Å². The highest BCUT2D eigenvalue weighted by atomic mass is 16.5. The number of aryl methyl sites for hydroxylation is 2. The number of carbonyl (C=O) groups is 1. The number of amides is 1. The first-order valence-electron chi connectivity index (χ1n) is 9.64. The van der Waals surface area contributed by atoms with Gasteiger partial charge in [0.2, 0.25) is 0 Å². The fourth-order valence-corrected chi connectivity index (χ4v) is 3.83. The minimum atomic E-state index is 0.0567. The Hall–Kier alpha value is -2.50. The Morgan fingerprint density at radius 3 is 2.63 bits per heavy atom. The second-order valence-corrected chi connectivity index (χ2v) is 7.09. The van der Waals surface area contributed by atoms with E-state index >= 15 is 0 Å². The molecule has 0 spiro atoms. The van der Waals surface area contributed by atoms with Gasteiger partial charge < -0.3 is 14.4 Å². The number of benzene rings is 1. The Labute approximate surface area is 161 Å². The molecule has 0 atom stereocenters. The number of methoxy groups -OCH3 is 1. The lowest BCUT2D eigenvalue weighted by atomic mass is 10.1. The van der Waals surface area contributed by atoms with E-state index in [2.05, 4.69) is 5.10 Å². The Bertz CT molecular complexity index is 794. The van der Waals surface area contributed by atoms with Crippen LogP contribution in [0.3, 0.4) is 0 Å². The molecule has 0 radical (unpaired) electrons. The minimum absolute atomic E-state index is 0.0567. The second-order valence-electron chi connectivity index (χ2n) is 7.09. The van der Waals surface area contributed by atoms with Crippen molar-refractivity contribution in [2.24, 2.45) is 7.05 Å². The number of carbonyl (C=O) groups excluding carboxylic acids is 1. The van der Waals surface area contributed by atoms with Gasteiger partial charge in [0.25, 0.3) is 5.91 Å². The molecule has 1 amide bonds. The molecule has 1 aliphatic rings. The van der Waals surface area contributed by atoms with Crippen LogP contribution in [0.15, 0.2) is 24.4 Å². The fourth-order valence-electron chi connectivity index (χ4n) is 3.83. The molecule has 1 heterocycles. The first kappa shape index (κ1) is 19.3. The highest BCUT2D eigenvalue weighted by Crippen LogP contribution is 2.31. The van der Waals surface area contributed by atoms with E-state index in [9.17, 15) is 4.79 Å². The number of nitrogens with zero attached hydrogens (tertiary/aromatic N) is 3. The Morgan fingerprint density at radius 2 is 2.04 bits per heavy atom. The van der Waals surface area contributed by atoms with E-state index in [0.717, 1.165) is 24.1 Å². The van der Waals surface area contributed by atoms with Crippen LogP contribution in [0.2, 0.25) is 0 Å². The van der Waals surface area contributed by atoms with Crippen molar-refractivity contribution < 1.29 is 14.3 Å². The molecule has 146 valence electrons. The van der Waals surface area contributed by atoms with Crippen molar-refractivity contribution in [2.45, 2.75) is 52.1 Å². The summed E-state index contributed by atoms with van der Waals surface area (Å²) >= 11 is 0. The van der Waals surface area contributed by atoms with Crippen LogP contribution in [0.1, 0.15) is 54.2 Å². The molecule has 1 saturated carbocycles. The van der Waals surface area contributed by atoms with Crippen molar-refractivity contribution in [3.63, 3.8) is 0 Å². The van der Waals surface area contributed by atoms with Crippen LogP contribution in [0.25, 0.3) is 0 Å². The third-order valence-corrected chi connectivity index (χ3v) is 5.15. The average Bonchev–Trinajstić information content (AvgIpc) is 3.29. The van der Waals surface area contributed by atoms with Crippen molar-refractivity contribution in [1.82, 2.24) is 14.7 Å². The summed E-state index contributed by atoms with van der Waals surface area (Å²) in [6.45, 7) is 4.97. The summed E-state index contributed by atoms with van der Waals surface area (Å²) in [5.74, 6) is 1.48. The summed E-state index contributed by atoms with van der Waals surface area (Å²) in [7, 11) is 3.48. The molecule has 1 aliphatic carbocycles. The molecule has 6 nitrogen and oxygen atoms in total. The van der Waals surface area contributed by atoms with E-state index < -0.39 is 0 Å². The summed E-state index contributed by atoms with van der Waals surface area (Å²) in [4.78, 5) is 15.3. The van der Waals surface area contributed by atoms with Gasteiger partial charge in [-0.25, -0.2) is 0 Å². The van der Waals surface area contributed by atoms with E-state index in [1.54, 1.807) is 11.8 Å². The van der Waals surface area contributed by atoms with E-state index in [4.69, 9.17) is 9.47 Å².